The van der Waals surface area contributed by atoms with Crippen molar-refractivity contribution >= 4 is 11.9 Å². The third kappa shape index (κ3) is 3.93. The number of hydrogen-bond donors (Lipinski definition) is 2. The highest BCUT2D eigenvalue weighted by atomic mass is 16.4. The highest BCUT2D eigenvalue weighted by Gasteiger charge is 2.37. The van der Waals surface area contributed by atoms with E-state index in [1.54, 1.807) is 0 Å². The zero-order chi connectivity index (χ0) is 15.2. The first kappa shape index (κ1) is 16.9. The summed E-state index contributed by atoms with van der Waals surface area (Å²) in [5.41, 5.74) is 5.39. The summed E-state index contributed by atoms with van der Waals surface area (Å²) in [6.45, 7) is 7.79. The van der Waals surface area contributed by atoms with Crippen molar-refractivity contribution in [3.8, 4) is 0 Å². The number of nitrogens with zero attached hydrogens (tertiary/aromatic N) is 2. The molecular formula is C14H27N3O3. The number of aliphatic carboxylic acids is 1. The summed E-state index contributed by atoms with van der Waals surface area (Å²) < 4.78 is 0. The molecule has 0 aliphatic carbocycles. The molecule has 0 aromatic rings. The normalized spacial score (nSPS) is 17.2. The van der Waals surface area contributed by atoms with Crippen LogP contribution in [0.4, 0.5) is 0 Å². The Kier molecular flexibility index (Phi) is 6.42. The Bertz CT molecular complexity index is 326. The maximum atomic E-state index is 12.6. The van der Waals surface area contributed by atoms with Crippen LogP contribution >= 0.6 is 0 Å². The first-order valence-electron chi connectivity index (χ1n) is 7.42. The average Bonchev–Trinajstić information content (AvgIpc) is 2.48. The third-order valence-corrected chi connectivity index (χ3v) is 4.50. The van der Waals surface area contributed by atoms with Crippen molar-refractivity contribution < 1.29 is 14.7 Å². The van der Waals surface area contributed by atoms with E-state index in [1.165, 1.54) is 0 Å². The van der Waals surface area contributed by atoms with E-state index in [-0.39, 0.29) is 12.3 Å². The summed E-state index contributed by atoms with van der Waals surface area (Å²) >= 11 is 0. The molecule has 0 saturated carbocycles. The molecule has 1 fully saturated rings. The Balaban J connectivity index is 2.52. The van der Waals surface area contributed by atoms with Gasteiger partial charge in [-0.05, 0) is 12.8 Å². The topological polar surface area (TPSA) is 86.9 Å². The van der Waals surface area contributed by atoms with Gasteiger partial charge in [-0.2, -0.15) is 0 Å². The van der Waals surface area contributed by atoms with Crippen LogP contribution in [0, 0.1) is 5.41 Å². The van der Waals surface area contributed by atoms with Crippen LogP contribution in [0.2, 0.25) is 0 Å². The molecule has 0 aromatic heterocycles. The number of carbonyl (C=O) groups is 2. The lowest BCUT2D eigenvalue weighted by molar-refractivity contribution is -0.144. The number of rotatable bonds is 7. The standard InChI is InChI=1S/C14H27N3O3/c1-3-14(4-2,11-15)13(20)17-9-7-16(8-10-17)6-5-12(18)19/h3-11,15H2,1-2H3,(H,18,19). The molecular weight excluding hydrogens is 258 g/mol. The molecule has 6 nitrogen and oxygen atoms in total. The monoisotopic (exact) mass is 285 g/mol. The minimum atomic E-state index is -0.775. The SMILES string of the molecule is CCC(CC)(CN)C(=O)N1CCN(CCC(=O)O)CC1. The summed E-state index contributed by atoms with van der Waals surface area (Å²) in [5, 5.41) is 8.68. The van der Waals surface area contributed by atoms with E-state index in [0.29, 0.717) is 26.2 Å². The van der Waals surface area contributed by atoms with E-state index in [9.17, 15) is 9.59 Å². The molecule has 20 heavy (non-hydrogen) atoms. The van der Waals surface area contributed by atoms with Crippen molar-refractivity contribution in [3.63, 3.8) is 0 Å². The fourth-order valence-electron chi connectivity index (χ4n) is 2.69. The maximum Gasteiger partial charge on any atom is 0.304 e. The van der Waals surface area contributed by atoms with Crippen molar-refractivity contribution in [1.29, 1.82) is 0 Å². The summed E-state index contributed by atoms with van der Waals surface area (Å²) in [4.78, 5) is 27.2. The Hall–Kier alpha value is -1.14. The van der Waals surface area contributed by atoms with Gasteiger partial charge in [0.25, 0.3) is 0 Å². The first-order valence-corrected chi connectivity index (χ1v) is 7.42. The molecule has 1 aliphatic rings. The minimum absolute atomic E-state index is 0.155. The van der Waals surface area contributed by atoms with Gasteiger partial charge in [0.1, 0.15) is 0 Å². The number of carboxylic acids is 1. The molecule has 1 aliphatic heterocycles. The van der Waals surface area contributed by atoms with Gasteiger partial charge in [-0.25, -0.2) is 0 Å². The van der Waals surface area contributed by atoms with Crippen LogP contribution in [0.15, 0.2) is 0 Å². The Morgan fingerprint density at radius 1 is 1.15 bits per heavy atom. The Morgan fingerprint density at radius 3 is 2.10 bits per heavy atom. The highest BCUT2D eigenvalue weighted by Crippen LogP contribution is 2.28. The van der Waals surface area contributed by atoms with Gasteiger partial charge in [-0.1, -0.05) is 13.8 Å². The van der Waals surface area contributed by atoms with E-state index >= 15 is 0 Å². The lowest BCUT2D eigenvalue weighted by atomic mass is 9.81. The molecule has 116 valence electrons. The second kappa shape index (κ2) is 7.59. The van der Waals surface area contributed by atoms with Crippen LogP contribution in [0.5, 0.6) is 0 Å². The summed E-state index contributed by atoms with van der Waals surface area (Å²) in [6, 6.07) is 0. The number of carboxylic acid groups (broad SMARTS) is 1. The van der Waals surface area contributed by atoms with Crippen molar-refractivity contribution in [1.82, 2.24) is 9.80 Å². The van der Waals surface area contributed by atoms with Crippen molar-refractivity contribution in [2.45, 2.75) is 33.1 Å². The van der Waals surface area contributed by atoms with Gasteiger partial charge in [0.15, 0.2) is 0 Å². The number of carbonyl (C=O) groups excluding carboxylic acids is 1. The summed E-state index contributed by atoms with van der Waals surface area (Å²) in [6.07, 6.45) is 1.68. The molecule has 3 N–H and O–H groups in total. The molecule has 0 bridgehead atoms. The molecule has 1 heterocycles. The van der Waals surface area contributed by atoms with Gasteiger partial charge < -0.3 is 15.7 Å². The van der Waals surface area contributed by atoms with Crippen LogP contribution in [-0.2, 0) is 9.59 Å². The van der Waals surface area contributed by atoms with Crippen molar-refractivity contribution in [2.24, 2.45) is 11.1 Å². The second-order valence-corrected chi connectivity index (χ2v) is 5.47. The number of piperazine rings is 1. The van der Waals surface area contributed by atoms with Crippen LogP contribution in [-0.4, -0.2) is 66.1 Å². The van der Waals surface area contributed by atoms with Crippen LogP contribution in [0.1, 0.15) is 33.1 Å². The fourth-order valence-corrected chi connectivity index (χ4v) is 2.69. The maximum absolute atomic E-state index is 12.6. The predicted molar refractivity (Wildman–Crippen MR) is 77.3 cm³/mol. The van der Waals surface area contributed by atoms with Gasteiger partial charge in [-0.3, -0.25) is 14.5 Å². The largest absolute Gasteiger partial charge is 0.481 e. The predicted octanol–water partition coefficient (Wildman–Crippen LogP) is 0.370. The molecule has 0 atom stereocenters. The van der Waals surface area contributed by atoms with E-state index in [4.69, 9.17) is 10.8 Å². The number of amides is 1. The van der Waals surface area contributed by atoms with Crippen molar-refractivity contribution in [2.75, 3.05) is 39.3 Å². The Labute approximate surface area is 120 Å². The minimum Gasteiger partial charge on any atom is -0.481 e. The molecule has 1 amide bonds. The molecule has 1 saturated heterocycles. The molecule has 0 unspecified atom stereocenters. The molecule has 6 heteroatoms. The fraction of sp³-hybridized carbons (Fsp3) is 0.857. The van der Waals surface area contributed by atoms with Gasteiger partial charge >= 0.3 is 5.97 Å². The molecule has 0 aromatic carbocycles. The van der Waals surface area contributed by atoms with Crippen LogP contribution < -0.4 is 5.73 Å². The van der Waals surface area contributed by atoms with Gasteiger partial charge in [0, 0.05) is 39.3 Å². The lowest BCUT2D eigenvalue weighted by Gasteiger charge is -2.40. The number of nitrogens with two attached hydrogens (primary N) is 1. The van der Waals surface area contributed by atoms with Gasteiger partial charge in [-0.15, -0.1) is 0 Å². The van der Waals surface area contributed by atoms with Crippen LogP contribution in [0.3, 0.4) is 0 Å². The smallest absolute Gasteiger partial charge is 0.304 e. The average molecular weight is 285 g/mol. The van der Waals surface area contributed by atoms with Gasteiger partial charge in [0.05, 0.1) is 11.8 Å². The van der Waals surface area contributed by atoms with E-state index < -0.39 is 11.4 Å². The molecule has 0 spiro atoms. The summed E-state index contributed by atoms with van der Waals surface area (Å²) in [7, 11) is 0. The second-order valence-electron chi connectivity index (χ2n) is 5.47. The van der Waals surface area contributed by atoms with E-state index in [1.807, 2.05) is 18.7 Å². The quantitative estimate of drug-likeness (QED) is 0.706. The highest BCUT2D eigenvalue weighted by molar-refractivity contribution is 5.83. The molecule has 1 rings (SSSR count). The van der Waals surface area contributed by atoms with Crippen LogP contribution in [0.25, 0.3) is 0 Å². The van der Waals surface area contributed by atoms with Crippen molar-refractivity contribution in [3.05, 3.63) is 0 Å². The molecule has 0 radical (unpaired) electrons. The zero-order valence-electron chi connectivity index (χ0n) is 12.6. The lowest BCUT2D eigenvalue weighted by Crippen LogP contribution is -2.54. The zero-order valence-corrected chi connectivity index (χ0v) is 12.6. The first-order chi connectivity index (χ1) is 9.49. The number of hydrogen-bond acceptors (Lipinski definition) is 4. The van der Waals surface area contributed by atoms with Gasteiger partial charge in [0.2, 0.25) is 5.91 Å². The summed E-state index contributed by atoms with van der Waals surface area (Å²) in [5.74, 6) is -0.620. The van der Waals surface area contributed by atoms with E-state index in [0.717, 1.165) is 25.9 Å². The van der Waals surface area contributed by atoms with E-state index in [2.05, 4.69) is 4.90 Å². The third-order valence-electron chi connectivity index (χ3n) is 4.50. The Morgan fingerprint density at radius 2 is 1.70 bits per heavy atom.